The van der Waals surface area contributed by atoms with E-state index in [0.717, 1.165) is 16.5 Å². The van der Waals surface area contributed by atoms with E-state index in [9.17, 15) is 9.59 Å². The first kappa shape index (κ1) is 14.4. The Morgan fingerprint density at radius 3 is 2.73 bits per heavy atom. The predicted molar refractivity (Wildman–Crippen MR) is 83.3 cm³/mol. The van der Waals surface area contributed by atoms with Crippen LogP contribution in [0.15, 0.2) is 24.5 Å². The lowest BCUT2D eigenvalue weighted by Gasteiger charge is -2.19. The van der Waals surface area contributed by atoms with Crippen LogP contribution in [0.1, 0.15) is 25.8 Å². The molecule has 2 heterocycles. The fraction of sp³-hybridized carbons (Fsp3) is 0.375. The Hall–Kier alpha value is -2.50. The van der Waals surface area contributed by atoms with Crippen LogP contribution in [0.5, 0.6) is 0 Å². The number of carbonyl (C=O) groups is 2. The van der Waals surface area contributed by atoms with Crippen molar-refractivity contribution in [3.05, 3.63) is 30.1 Å². The third-order valence-corrected chi connectivity index (χ3v) is 3.80. The van der Waals surface area contributed by atoms with E-state index in [1.807, 2.05) is 39.0 Å². The summed E-state index contributed by atoms with van der Waals surface area (Å²) in [5.41, 5.74) is 1.89. The highest BCUT2D eigenvalue weighted by Gasteiger charge is 2.40. The number of imide groups is 1. The summed E-state index contributed by atoms with van der Waals surface area (Å²) in [6.45, 7) is 5.66. The summed E-state index contributed by atoms with van der Waals surface area (Å²) < 4.78 is 0. The number of anilines is 1. The average Bonchev–Trinajstić information content (AvgIpc) is 2.74. The molecule has 0 radical (unpaired) electrons. The number of likely N-dealkylation sites (tertiary alicyclic amines) is 1. The Morgan fingerprint density at radius 2 is 2.05 bits per heavy atom. The standard InChI is InChI=1S/C16H18N4O2/c1-9(2)20-14(21)7-13(16(20)22)19-15-11-6-10(3)4-5-12(11)17-8-18-15/h4-6,8-9,13H,7H2,1-3H3,(H,17,18,19). The molecule has 0 bridgehead atoms. The summed E-state index contributed by atoms with van der Waals surface area (Å²) >= 11 is 0. The van der Waals surface area contributed by atoms with Gasteiger partial charge in [-0.05, 0) is 32.9 Å². The minimum atomic E-state index is -0.562. The van der Waals surface area contributed by atoms with Crippen LogP contribution in [0.25, 0.3) is 10.9 Å². The molecular formula is C16H18N4O2. The Kier molecular flexibility index (Phi) is 3.52. The van der Waals surface area contributed by atoms with Crippen LogP contribution in [-0.2, 0) is 9.59 Å². The fourth-order valence-electron chi connectivity index (χ4n) is 2.76. The lowest BCUT2D eigenvalue weighted by Crippen LogP contribution is -2.39. The van der Waals surface area contributed by atoms with Crippen molar-refractivity contribution < 1.29 is 9.59 Å². The molecule has 1 saturated heterocycles. The maximum atomic E-state index is 12.4. The Bertz CT molecular complexity index is 757. The van der Waals surface area contributed by atoms with E-state index in [0.29, 0.717) is 5.82 Å². The zero-order valence-corrected chi connectivity index (χ0v) is 12.8. The summed E-state index contributed by atoms with van der Waals surface area (Å²) in [4.78, 5) is 34.1. The number of fused-ring (bicyclic) bond motifs is 1. The molecule has 114 valence electrons. The van der Waals surface area contributed by atoms with Gasteiger partial charge in [0.05, 0.1) is 11.9 Å². The molecule has 1 aliphatic rings. The number of carbonyl (C=O) groups excluding carboxylic acids is 2. The first-order chi connectivity index (χ1) is 10.5. The molecule has 2 aromatic rings. The van der Waals surface area contributed by atoms with E-state index < -0.39 is 6.04 Å². The molecule has 0 spiro atoms. The van der Waals surface area contributed by atoms with Crippen molar-refractivity contribution in [2.24, 2.45) is 0 Å². The number of hydrogen-bond acceptors (Lipinski definition) is 5. The molecule has 0 aliphatic carbocycles. The molecular weight excluding hydrogens is 280 g/mol. The quantitative estimate of drug-likeness (QED) is 0.876. The van der Waals surface area contributed by atoms with Gasteiger partial charge in [0.15, 0.2) is 0 Å². The molecule has 1 aliphatic heterocycles. The molecule has 0 saturated carbocycles. The minimum Gasteiger partial charge on any atom is -0.357 e. The van der Waals surface area contributed by atoms with Crippen molar-refractivity contribution in [2.45, 2.75) is 39.3 Å². The maximum absolute atomic E-state index is 12.4. The van der Waals surface area contributed by atoms with Crippen LogP contribution < -0.4 is 5.32 Å². The number of hydrogen-bond donors (Lipinski definition) is 1. The highest BCUT2D eigenvalue weighted by Crippen LogP contribution is 2.24. The van der Waals surface area contributed by atoms with Gasteiger partial charge in [-0.3, -0.25) is 14.5 Å². The Balaban J connectivity index is 1.93. The van der Waals surface area contributed by atoms with Crippen LogP contribution in [0.3, 0.4) is 0 Å². The van der Waals surface area contributed by atoms with Gasteiger partial charge < -0.3 is 5.32 Å². The lowest BCUT2D eigenvalue weighted by molar-refractivity contribution is -0.140. The molecule has 1 atom stereocenters. The van der Waals surface area contributed by atoms with Crippen molar-refractivity contribution in [1.82, 2.24) is 14.9 Å². The number of nitrogens with one attached hydrogen (secondary N) is 1. The van der Waals surface area contributed by atoms with Crippen molar-refractivity contribution in [3.8, 4) is 0 Å². The largest absolute Gasteiger partial charge is 0.357 e. The van der Waals surface area contributed by atoms with Gasteiger partial charge in [0.25, 0.3) is 5.91 Å². The third-order valence-electron chi connectivity index (χ3n) is 3.80. The van der Waals surface area contributed by atoms with Crippen LogP contribution in [-0.4, -0.2) is 38.8 Å². The average molecular weight is 298 g/mol. The van der Waals surface area contributed by atoms with Gasteiger partial charge >= 0.3 is 0 Å². The summed E-state index contributed by atoms with van der Waals surface area (Å²) in [6, 6.07) is 5.17. The van der Waals surface area contributed by atoms with Crippen LogP contribution in [0.4, 0.5) is 5.82 Å². The second-order valence-electron chi connectivity index (χ2n) is 5.84. The van der Waals surface area contributed by atoms with Gasteiger partial charge in [-0.2, -0.15) is 0 Å². The second-order valence-corrected chi connectivity index (χ2v) is 5.84. The van der Waals surface area contributed by atoms with E-state index in [-0.39, 0.29) is 24.3 Å². The number of amides is 2. The van der Waals surface area contributed by atoms with Gasteiger partial charge in [0, 0.05) is 11.4 Å². The van der Waals surface area contributed by atoms with Gasteiger partial charge in [-0.25, -0.2) is 9.97 Å². The lowest BCUT2D eigenvalue weighted by atomic mass is 10.1. The van der Waals surface area contributed by atoms with E-state index in [4.69, 9.17) is 0 Å². The van der Waals surface area contributed by atoms with Crippen molar-refractivity contribution in [1.29, 1.82) is 0 Å². The number of rotatable bonds is 3. The summed E-state index contributed by atoms with van der Waals surface area (Å²) in [5, 5.41) is 3.97. The molecule has 1 aromatic carbocycles. The number of benzene rings is 1. The maximum Gasteiger partial charge on any atom is 0.252 e. The van der Waals surface area contributed by atoms with Crippen LogP contribution in [0, 0.1) is 6.92 Å². The van der Waals surface area contributed by atoms with Gasteiger partial charge in [0.2, 0.25) is 5.91 Å². The molecule has 1 N–H and O–H groups in total. The minimum absolute atomic E-state index is 0.129. The first-order valence-electron chi connectivity index (χ1n) is 7.31. The highest BCUT2D eigenvalue weighted by molar-refractivity contribution is 6.07. The first-order valence-corrected chi connectivity index (χ1v) is 7.31. The molecule has 1 aromatic heterocycles. The zero-order valence-electron chi connectivity index (χ0n) is 12.8. The molecule has 22 heavy (non-hydrogen) atoms. The molecule has 1 fully saturated rings. The zero-order chi connectivity index (χ0) is 15.9. The Labute approximate surface area is 128 Å². The molecule has 1 unspecified atom stereocenters. The summed E-state index contributed by atoms with van der Waals surface area (Å²) in [6.07, 6.45) is 1.62. The Morgan fingerprint density at radius 1 is 1.27 bits per heavy atom. The van der Waals surface area contributed by atoms with Gasteiger partial charge in [-0.1, -0.05) is 11.6 Å². The van der Waals surface area contributed by atoms with E-state index in [1.54, 1.807) is 0 Å². The fourth-order valence-corrected chi connectivity index (χ4v) is 2.76. The van der Waals surface area contributed by atoms with E-state index in [2.05, 4.69) is 15.3 Å². The van der Waals surface area contributed by atoms with Crippen molar-refractivity contribution in [2.75, 3.05) is 5.32 Å². The molecule has 6 heteroatoms. The van der Waals surface area contributed by atoms with Crippen molar-refractivity contribution in [3.63, 3.8) is 0 Å². The van der Waals surface area contributed by atoms with Crippen LogP contribution in [0.2, 0.25) is 0 Å². The predicted octanol–water partition coefficient (Wildman–Crippen LogP) is 1.89. The highest BCUT2D eigenvalue weighted by atomic mass is 16.2. The van der Waals surface area contributed by atoms with Gasteiger partial charge in [0.1, 0.15) is 18.2 Å². The monoisotopic (exact) mass is 298 g/mol. The number of aromatic nitrogens is 2. The normalized spacial score (nSPS) is 18.5. The molecule has 3 rings (SSSR count). The third kappa shape index (κ3) is 2.41. The van der Waals surface area contributed by atoms with E-state index in [1.165, 1.54) is 11.2 Å². The molecule has 2 amide bonds. The van der Waals surface area contributed by atoms with E-state index >= 15 is 0 Å². The summed E-state index contributed by atoms with van der Waals surface area (Å²) in [5.74, 6) is 0.247. The van der Waals surface area contributed by atoms with Crippen LogP contribution >= 0.6 is 0 Å². The van der Waals surface area contributed by atoms with Crippen molar-refractivity contribution >= 4 is 28.5 Å². The SMILES string of the molecule is Cc1ccc2ncnc(NC3CC(=O)N(C(C)C)C3=O)c2c1. The molecule has 6 nitrogen and oxygen atoms in total. The number of aryl methyl sites for hydroxylation is 1. The van der Waals surface area contributed by atoms with Gasteiger partial charge in [-0.15, -0.1) is 0 Å². The topological polar surface area (TPSA) is 75.2 Å². The number of nitrogens with zero attached hydrogens (tertiary/aromatic N) is 3. The smallest absolute Gasteiger partial charge is 0.252 e. The summed E-state index contributed by atoms with van der Waals surface area (Å²) in [7, 11) is 0. The second kappa shape index (κ2) is 5.36.